The van der Waals surface area contributed by atoms with Gasteiger partial charge in [0, 0.05) is 44.1 Å². The molecule has 2 fully saturated rings. The summed E-state index contributed by atoms with van der Waals surface area (Å²) in [6.45, 7) is 1.35. The van der Waals surface area contributed by atoms with Gasteiger partial charge in [-0.2, -0.15) is 0 Å². The van der Waals surface area contributed by atoms with Gasteiger partial charge in [0.1, 0.15) is 23.9 Å². The minimum Gasteiger partial charge on any atom is -0.491 e. The molecule has 2 amide bonds. The lowest BCUT2D eigenvalue weighted by Crippen LogP contribution is -2.48. The Kier molecular flexibility index (Phi) is 5.35. The molecule has 11 heteroatoms. The number of anilines is 3. The maximum absolute atomic E-state index is 13.3. The molecule has 174 valence electrons. The smallest absolute Gasteiger partial charge is 0.329 e. The lowest BCUT2D eigenvalue weighted by molar-refractivity contribution is 0.0830. The van der Waals surface area contributed by atoms with Gasteiger partial charge in [0.25, 0.3) is 5.92 Å². The van der Waals surface area contributed by atoms with Crippen LogP contribution in [0.4, 0.5) is 30.9 Å². The molecule has 0 spiro atoms. The molecule has 1 aliphatic carbocycles. The van der Waals surface area contributed by atoms with Crippen LogP contribution in [0.5, 0.6) is 5.75 Å². The summed E-state index contributed by atoms with van der Waals surface area (Å²) in [4.78, 5) is 38.0. The molecule has 1 unspecified atom stereocenters. The molecule has 2 aromatic heterocycles. The molecule has 4 heterocycles. The zero-order valence-electron chi connectivity index (χ0n) is 17.7. The number of carbonyl (C=O) groups excluding carboxylic acids is 2. The number of amides is 2. The monoisotopic (exact) mass is 459 g/mol. The zero-order valence-corrected chi connectivity index (χ0v) is 17.7. The zero-order chi connectivity index (χ0) is 23.2. The Bertz CT molecular complexity index is 1100. The number of pyridine rings is 2. The average Bonchev–Trinajstić information content (AvgIpc) is 3.18. The molecule has 3 aliphatic rings. The number of ether oxygens (including phenoxy) is 1. The number of ketones is 1. The van der Waals surface area contributed by atoms with Crippen molar-refractivity contribution in [3.63, 3.8) is 0 Å². The molecule has 1 saturated carbocycles. The fraction of sp³-hybridized carbons (Fsp3) is 0.455. The first-order valence-electron chi connectivity index (χ1n) is 10.8. The Hall–Kier alpha value is -3.34. The van der Waals surface area contributed by atoms with E-state index in [0.717, 1.165) is 18.7 Å². The fourth-order valence-electron chi connectivity index (χ4n) is 4.35. The summed E-state index contributed by atoms with van der Waals surface area (Å²) in [5.74, 6) is -3.12. The van der Waals surface area contributed by atoms with E-state index >= 15 is 0 Å². The highest BCUT2D eigenvalue weighted by molar-refractivity contribution is 6.05. The number of hydrogen-bond donors (Lipinski definition) is 2. The van der Waals surface area contributed by atoms with E-state index in [4.69, 9.17) is 9.84 Å². The van der Waals surface area contributed by atoms with Gasteiger partial charge in [-0.25, -0.2) is 23.5 Å². The van der Waals surface area contributed by atoms with Crippen LogP contribution in [0.1, 0.15) is 29.8 Å². The van der Waals surface area contributed by atoms with Gasteiger partial charge in [0.05, 0.1) is 18.3 Å². The molecule has 2 atom stereocenters. The minimum absolute atomic E-state index is 0.0780. The van der Waals surface area contributed by atoms with E-state index in [-0.39, 0.29) is 43.6 Å². The van der Waals surface area contributed by atoms with Crippen molar-refractivity contribution >= 4 is 29.1 Å². The molecule has 2 aromatic rings. The van der Waals surface area contributed by atoms with Crippen LogP contribution in [0.25, 0.3) is 0 Å². The van der Waals surface area contributed by atoms with Gasteiger partial charge in [-0.15, -0.1) is 0 Å². The Balaban J connectivity index is 1.38. The molecular formula is C22H23F2N5O4. The number of halogens is 2. The number of aliphatic hydroxyl groups excluding tert-OH is 1. The van der Waals surface area contributed by atoms with Crippen molar-refractivity contribution in [1.82, 2.24) is 9.97 Å². The van der Waals surface area contributed by atoms with E-state index in [2.05, 4.69) is 20.2 Å². The number of Topliss-reactive ketones (excluding diaryl/α,β-unsaturated/α-hetero) is 1. The van der Waals surface area contributed by atoms with Crippen LogP contribution >= 0.6 is 0 Å². The normalized spacial score (nSPS) is 22.0. The number of aromatic nitrogens is 2. The third-order valence-electron chi connectivity index (χ3n) is 6.17. The summed E-state index contributed by atoms with van der Waals surface area (Å²) in [5.41, 5.74) is 0.800. The first kappa shape index (κ1) is 21.5. The van der Waals surface area contributed by atoms with Gasteiger partial charge in [0.2, 0.25) is 0 Å². The summed E-state index contributed by atoms with van der Waals surface area (Å²) in [5, 5.41) is 11.7. The second-order valence-electron chi connectivity index (χ2n) is 8.47. The van der Waals surface area contributed by atoms with Crippen LogP contribution in [0.3, 0.4) is 0 Å². The minimum atomic E-state index is -2.77. The fourth-order valence-corrected chi connectivity index (χ4v) is 4.35. The van der Waals surface area contributed by atoms with Crippen molar-refractivity contribution in [3.05, 3.63) is 36.2 Å². The number of nitrogens with zero attached hydrogens (tertiary/aromatic N) is 4. The molecule has 2 N–H and O–H groups in total. The first-order chi connectivity index (χ1) is 15.9. The summed E-state index contributed by atoms with van der Waals surface area (Å²) < 4.78 is 31.9. The molecule has 1 saturated heterocycles. The van der Waals surface area contributed by atoms with Crippen molar-refractivity contribution in [2.45, 2.75) is 31.2 Å². The molecule has 2 aliphatic heterocycles. The highest BCUT2D eigenvalue weighted by Gasteiger charge is 2.57. The van der Waals surface area contributed by atoms with Crippen LogP contribution < -0.4 is 19.9 Å². The van der Waals surface area contributed by atoms with Crippen LogP contribution in [-0.2, 0) is 0 Å². The van der Waals surface area contributed by atoms with Crippen molar-refractivity contribution < 1.29 is 28.2 Å². The molecule has 33 heavy (non-hydrogen) atoms. The Labute approximate surface area is 188 Å². The first-order valence-corrected chi connectivity index (χ1v) is 10.8. The molecule has 2 bridgehead atoms. The third kappa shape index (κ3) is 4.20. The quantitative estimate of drug-likeness (QED) is 0.613. The number of alkyl halides is 2. The van der Waals surface area contributed by atoms with Gasteiger partial charge in [-0.3, -0.25) is 15.0 Å². The van der Waals surface area contributed by atoms with E-state index in [1.54, 1.807) is 24.3 Å². The summed E-state index contributed by atoms with van der Waals surface area (Å²) in [6, 6.07) is 5.82. The highest BCUT2D eigenvalue weighted by atomic mass is 19.3. The molecule has 0 radical (unpaired) electrons. The van der Waals surface area contributed by atoms with Gasteiger partial charge in [-0.05, 0) is 24.6 Å². The summed E-state index contributed by atoms with van der Waals surface area (Å²) >= 11 is 0. The van der Waals surface area contributed by atoms with Crippen molar-refractivity contribution in [2.75, 3.05) is 41.4 Å². The maximum Gasteiger partial charge on any atom is 0.329 e. The van der Waals surface area contributed by atoms with Crippen molar-refractivity contribution in [2.24, 2.45) is 5.92 Å². The molecule has 9 nitrogen and oxygen atoms in total. The van der Waals surface area contributed by atoms with E-state index in [9.17, 15) is 18.4 Å². The Morgan fingerprint density at radius 2 is 2.12 bits per heavy atom. The predicted molar refractivity (Wildman–Crippen MR) is 115 cm³/mol. The number of fused-ring (bicyclic) bond motifs is 4. The third-order valence-corrected chi connectivity index (χ3v) is 6.17. The van der Waals surface area contributed by atoms with Crippen LogP contribution in [0, 0.1) is 5.92 Å². The predicted octanol–water partition coefficient (Wildman–Crippen LogP) is 2.71. The standard InChI is InChI=1S/C22H23F2N5O4/c23-22(24)11-13(22)9-18(31)16-1-2-17-20(26-16)29(14-4-6-28(17)12-14)21(32)27-19-10-15(3-5-25-19)33-8-7-30/h1-3,5,10,13-14,30H,4,6-9,11-12H2,(H,25,27,32)/t13?,14-/m0/s1. The van der Waals surface area contributed by atoms with Gasteiger partial charge >= 0.3 is 6.03 Å². The number of urea groups is 1. The van der Waals surface area contributed by atoms with Crippen LogP contribution in [-0.4, -0.2) is 65.2 Å². The average molecular weight is 459 g/mol. The number of carbonyl (C=O) groups is 2. The number of nitrogens with one attached hydrogen (secondary N) is 1. The Morgan fingerprint density at radius 3 is 2.88 bits per heavy atom. The van der Waals surface area contributed by atoms with Crippen molar-refractivity contribution in [1.29, 1.82) is 0 Å². The number of hydrogen-bond acceptors (Lipinski definition) is 7. The lowest BCUT2D eigenvalue weighted by atomic mass is 10.1. The second-order valence-corrected chi connectivity index (χ2v) is 8.47. The van der Waals surface area contributed by atoms with Crippen LogP contribution in [0.2, 0.25) is 0 Å². The molecular weight excluding hydrogens is 436 g/mol. The van der Waals surface area contributed by atoms with Gasteiger partial charge in [-0.1, -0.05) is 0 Å². The van der Waals surface area contributed by atoms with Gasteiger partial charge in [0.15, 0.2) is 11.6 Å². The molecule has 5 rings (SSSR count). The summed E-state index contributed by atoms with van der Waals surface area (Å²) in [7, 11) is 0. The number of rotatable bonds is 7. The van der Waals surface area contributed by atoms with E-state index in [0.29, 0.717) is 18.1 Å². The Morgan fingerprint density at radius 1 is 1.30 bits per heavy atom. The largest absolute Gasteiger partial charge is 0.491 e. The maximum atomic E-state index is 13.3. The van der Waals surface area contributed by atoms with Gasteiger partial charge < -0.3 is 14.7 Å². The highest BCUT2D eigenvalue weighted by Crippen LogP contribution is 2.51. The van der Waals surface area contributed by atoms with E-state index in [1.165, 1.54) is 11.1 Å². The topological polar surface area (TPSA) is 108 Å². The molecule has 0 aromatic carbocycles. The summed E-state index contributed by atoms with van der Waals surface area (Å²) in [6.07, 6.45) is 1.67. The van der Waals surface area contributed by atoms with E-state index in [1.807, 2.05) is 0 Å². The second kappa shape index (κ2) is 8.22. The SMILES string of the molecule is O=C(CC1CC1(F)F)c1ccc2c(n1)N(C(=O)Nc1cc(OCCO)ccn1)[C@H]1CCN2C1. The van der Waals surface area contributed by atoms with Crippen LogP contribution in [0.15, 0.2) is 30.5 Å². The van der Waals surface area contributed by atoms with Crippen molar-refractivity contribution in [3.8, 4) is 5.75 Å². The number of aliphatic hydroxyl groups is 1. The lowest BCUT2D eigenvalue weighted by Gasteiger charge is -2.35. The van der Waals surface area contributed by atoms with E-state index < -0.39 is 23.7 Å².